The molecular formula is C26H28N4O5S2. The predicted octanol–water partition coefficient (Wildman–Crippen LogP) is 5.24. The number of rotatable bonds is 9. The standard InChI is InChI=1S/C26H28N4O5S2/c1-18(2)15-20-7-10-23(37(32,33)29(3)35-26(31)34-4)22(16-20)21-8-5-19(6-9-21)17-30-13-11-27-24(30)25-28-12-14-36-25/h5-14,16,18H,15,17H2,1-4H3. The van der Waals surface area contributed by atoms with Gasteiger partial charge in [0, 0.05) is 43.1 Å². The first kappa shape index (κ1) is 26.5. The molecule has 11 heteroatoms. The summed E-state index contributed by atoms with van der Waals surface area (Å²) in [6, 6.07) is 12.9. The van der Waals surface area contributed by atoms with Crippen LogP contribution in [0, 0.1) is 5.92 Å². The minimum atomic E-state index is -4.16. The second kappa shape index (κ2) is 11.2. The van der Waals surface area contributed by atoms with Crippen molar-refractivity contribution in [2.45, 2.75) is 31.7 Å². The van der Waals surface area contributed by atoms with Gasteiger partial charge >= 0.3 is 6.16 Å². The van der Waals surface area contributed by atoms with Gasteiger partial charge in [-0.3, -0.25) is 0 Å². The van der Waals surface area contributed by atoms with Crippen molar-refractivity contribution in [2.75, 3.05) is 14.2 Å². The summed E-state index contributed by atoms with van der Waals surface area (Å²) in [7, 11) is -1.89. The molecule has 2 heterocycles. The van der Waals surface area contributed by atoms with Crippen LogP contribution in [0.1, 0.15) is 25.0 Å². The molecule has 0 N–H and O–H groups in total. The monoisotopic (exact) mass is 540 g/mol. The fourth-order valence-electron chi connectivity index (χ4n) is 3.91. The van der Waals surface area contributed by atoms with Crippen molar-refractivity contribution in [3.8, 4) is 22.0 Å². The van der Waals surface area contributed by atoms with Crippen LogP contribution in [-0.4, -0.2) is 47.7 Å². The highest BCUT2D eigenvalue weighted by molar-refractivity contribution is 7.89. The first-order valence-corrected chi connectivity index (χ1v) is 13.9. The van der Waals surface area contributed by atoms with Crippen molar-refractivity contribution in [1.82, 2.24) is 19.0 Å². The Labute approximate surface area is 220 Å². The fraction of sp³-hybridized carbons (Fsp3) is 0.269. The van der Waals surface area contributed by atoms with Crippen LogP contribution in [-0.2, 0) is 32.6 Å². The average molecular weight is 541 g/mol. The Morgan fingerprint density at radius 3 is 2.46 bits per heavy atom. The van der Waals surface area contributed by atoms with E-state index in [-0.39, 0.29) is 4.90 Å². The number of nitrogens with zero attached hydrogens (tertiary/aromatic N) is 4. The summed E-state index contributed by atoms with van der Waals surface area (Å²) in [4.78, 5) is 25.1. The SMILES string of the molecule is COC(=O)ON(C)S(=O)(=O)c1ccc(CC(C)C)cc1-c1ccc(Cn2ccnc2-c2nccs2)cc1. The summed E-state index contributed by atoms with van der Waals surface area (Å²) in [6.45, 7) is 4.80. The zero-order valence-corrected chi connectivity index (χ0v) is 22.6. The van der Waals surface area contributed by atoms with E-state index in [0.29, 0.717) is 22.5 Å². The van der Waals surface area contributed by atoms with Crippen LogP contribution in [0.3, 0.4) is 0 Å². The van der Waals surface area contributed by atoms with Crippen molar-refractivity contribution in [3.05, 3.63) is 77.6 Å². The van der Waals surface area contributed by atoms with Crippen LogP contribution in [0.4, 0.5) is 4.79 Å². The summed E-state index contributed by atoms with van der Waals surface area (Å²) >= 11 is 1.53. The molecule has 194 valence electrons. The van der Waals surface area contributed by atoms with E-state index in [0.717, 1.165) is 48.1 Å². The second-order valence-electron chi connectivity index (χ2n) is 8.80. The Bertz CT molecular complexity index is 1460. The smallest absolute Gasteiger partial charge is 0.436 e. The fourth-order valence-corrected chi connectivity index (χ4v) is 5.69. The molecule has 4 aromatic rings. The highest BCUT2D eigenvalue weighted by Gasteiger charge is 2.28. The number of benzene rings is 2. The molecule has 0 saturated carbocycles. The van der Waals surface area contributed by atoms with Crippen LogP contribution in [0.15, 0.2) is 71.3 Å². The second-order valence-corrected chi connectivity index (χ2v) is 11.6. The van der Waals surface area contributed by atoms with Crippen LogP contribution < -0.4 is 0 Å². The van der Waals surface area contributed by atoms with E-state index in [1.807, 2.05) is 46.5 Å². The van der Waals surface area contributed by atoms with Crippen molar-refractivity contribution in [2.24, 2.45) is 5.92 Å². The molecule has 2 aromatic carbocycles. The van der Waals surface area contributed by atoms with E-state index in [4.69, 9.17) is 4.84 Å². The molecule has 0 radical (unpaired) electrons. The van der Waals surface area contributed by atoms with Crippen LogP contribution in [0.2, 0.25) is 0 Å². The average Bonchev–Trinajstić information content (AvgIpc) is 3.56. The maximum atomic E-state index is 13.3. The number of imidazole rings is 1. The summed E-state index contributed by atoms with van der Waals surface area (Å²) < 4.78 is 33.6. The van der Waals surface area contributed by atoms with Crippen LogP contribution in [0.5, 0.6) is 0 Å². The van der Waals surface area contributed by atoms with Crippen LogP contribution in [0.25, 0.3) is 22.0 Å². The van der Waals surface area contributed by atoms with Crippen LogP contribution >= 0.6 is 11.3 Å². The molecule has 0 saturated heterocycles. The maximum Gasteiger partial charge on any atom is 0.528 e. The van der Waals surface area contributed by atoms with Gasteiger partial charge in [0.15, 0.2) is 10.8 Å². The van der Waals surface area contributed by atoms with Gasteiger partial charge in [-0.1, -0.05) is 44.2 Å². The zero-order chi connectivity index (χ0) is 26.6. The van der Waals surface area contributed by atoms with Gasteiger partial charge in [0.25, 0.3) is 10.0 Å². The Hall–Kier alpha value is -3.54. The largest absolute Gasteiger partial charge is 0.528 e. The van der Waals surface area contributed by atoms with Crippen molar-refractivity contribution >= 4 is 27.5 Å². The molecular weight excluding hydrogens is 512 g/mol. The number of ether oxygens (including phenoxy) is 1. The van der Waals surface area contributed by atoms with Gasteiger partial charge in [0.05, 0.1) is 12.0 Å². The molecule has 0 unspecified atom stereocenters. The van der Waals surface area contributed by atoms with Gasteiger partial charge in [0.2, 0.25) is 0 Å². The molecule has 4 rings (SSSR count). The molecule has 0 aliphatic rings. The third-order valence-electron chi connectivity index (χ3n) is 5.63. The summed E-state index contributed by atoms with van der Waals surface area (Å²) in [5.74, 6) is 1.19. The molecule has 0 spiro atoms. The van der Waals surface area contributed by atoms with Gasteiger partial charge < -0.3 is 14.1 Å². The number of sulfonamides is 1. The lowest BCUT2D eigenvalue weighted by molar-refractivity contribution is -0.0412. The Balaban J connectivity index is 1.68. The third-order valence-corrected chi connectivity index (χ3v) is 8.06. The van der Waals surface area contributed by atoms with Crippen molar-refractivity contribution in [3.63, 3.8) is 0 Å². The summed E-state index contributed by atoms with van der Waals surface area (Å²) in [5.41, 5.74) is 3.28. The quantitative estimate of drug-likeness (QED) is 0.211. The number of carbonyl (C=O) groups excluding carboxylic acids is 1. The lowest BCUT2D eigenvalue weighted by atomic mass is 9.97. The minimum absolute atomic E-state index is 0.0276. The van der Waals surface area contributed by atoms with Crippen molar-refractivity contribution < 1.29 is 22.8 Å². The molecule has 37 heavy (non-hydrogen) atoms. The van der Waals surface area contributed by atoms with E-state index in [2.05, 4.69) is 28.6 Å². The molecule has 0 fully saturated rings. The highest BCUT2D eigenvalue weighted by Crippen LogP contribution is 2.32. The van der Waals surface area contributed by atoms with Gasteiger partial charge in [-0.15, -0.1) is 11.3 Å². The predicted molar refractivity (Wildman–Crippen MR) is 141 cm³/mol. The first-order chi connectivity index (χ1) is 17.7. The number of hydroxylamine groups is 1. The molecule has 0 bridgehead atoms. The van der Waals surface area contributed by atoms with Gasteiger partial charge in [-0.2, -0.15) is 0 Å². The number of carbonyl (C=O) groups is 1. The van der Waals surface area contributed by atoms with Gasteiger partial charge in [-0.25, -0.2) is 23.2 Å². The highest BCUT2D eigenvalue weighted by atomic mass is 32.2. The number of thiazole rings is 1. The number of hydrogen-bond donors (Lipinski definition) is 0. The van der Waals surface area contributed by atoms with Crippen molar-refractivity contribution in [1.29, 1.82) is 0 Å². The number of aromatic nitrogens is 3. The molecule has 0 atom stereocenters. The Morgan fingerprint density at radius 1 is 1.08 bits per heavy atom. The summed E-state index contributed by atoms with van der Waals surface area (Å²) in [6.07, 6.45) is 5.07. The molecule has 0 aliphatic carbocycles. The minimum Gasteiger partial charge on any atom is -0.436 e. The normalized spacial score (nSPS) is 11.7. The maximum absolute atomic E-state index is 13.3. The molecule has 2 aromatic heterocycles. The molecule has 9 nitrogen and oxygen atoms in total. The van der Waals surface area contributed by atoms with E-state index >= 15 is 0 Å². The molecule has 0 amide bonds. The lowest BCUT2D eigenvalue weighted by Crippen LogP contribution is -2.30. The topological polar surface area (TPSA) is 104 Å². The van der Waals surface area contributed by atoms with Gasteiger partial charge in [0.1, 0.15) is 0 Å². The Kier molecular flexibility index (Phi) is 8.06. The first-order valence-electron chi connectivity index (χ1n) is 11.6. The summed E-state index contributed by atoms with van der Waals surface area (Å²) in [5, 5.41) is 2.76. The van der Waals surface area contributed by atoms with E-state index in [1.165, 1.54) is 11.3 Å². The molecule has 0 aliphatic heterocycles. The lowest BCUT2D eigenvalue weighted by Gasteiger charge is -2.19. The Morgan fingerprint density at radius 2 is 1.81 bits per heavy atom. The van der Waals surface area contributed by atoms with E-state index in [1.54, 1.807) is 24.5 Å². The third kappa shape index (κ3) is 6.07. The number of hydrogen-bond acceptors (Lipinski definition) is 8. The zero-order valence-electron chi connectivity index (χ0n) is 21.0. The van der Waals surface area contributed by atoms with Gasteiger partial charge in [-0.05, 0) is 45.6 Å². The van der Waals surface area contributed by atoms with E-state index < -0.39 is 16.2 Å². The number of methoxy groups -OCH3 is 1. The van der Waals surface area contributed by atoms with E-state index in [9.17, 15) is 13.2 Å².